The lowest BCUT2D eigenvalue weighted by molar-refractivity contribution is -0.118. The number of amides is 1. The van der Waals surface area contributed by atoms with Crippen molar-refractivity contribution in [3.05, 3.63) is 29.5 Å². The fourth-order valence-corrected chi connectivity index (χ4v) is 2.25. The monoisotopic (exact) mass is 235 g/mol. The van der Waals surface area contributed by atoms with Crippen molar-refractivity contribution in [1.29, 1.82) is 0 Å². The van der Waals surface area contributed by atoms with Crippen LogP contribution in [-0.2, 0) is 11.2 Å². The third kappa shape index (κ3) is 2.49. The molecule has 5 heteroatoms. The molecule has 2 heterocycles. The first-order valence-electron chi connectivity index (χ1n) is 5.08. The molecule has 0 atom stereocenters. The van der Waals surface area contributed by atoms with Gasteiger partial charge in [0.15, 0.2) is 0 Å². The maximum absolute atomic E-state index is 10.8. The number of nitrogens with zero attached hydrogens (tertiary/aromatic N) is 1. The van der Waals surface area contributed by atoms with Gasteiger partial charge < -0.3 is 10.3 Å². The average Bonchev–Trinajstić information content (AvgIpc) is 2.84. The number of aromatic amines is 1. The Morgan fingerprint density at radius 1 is 1.62 bits per heavy atom. The molecule has 0 saturated heterocycles. The van der Waals surface area contributed by atoms with Crippen molar-refractivity contribution in [2.45, 2.75) is 13.3 Å². The molecule has 0 unspecified atom stereocenters. The zero-order chi connectivity index (χ0) is 11.4. The van der Waals surface area contributed by atoms with E-state index in [0.717, 1.165) is 22.7 Å². The van der Waals surface area contributed by atoms with Crippen LogP contribution in [0, 0.1) is 0 Å². The van der Waals surface area contributed by atoms with Crippen LogP contribution in [0.25, 0.3) is 10.6 Å². The Morgan fingerprint density at radius 2 is 2.50 bits per heavy atom. The fraction of sp³-hybridized carbons (Fsp3) is 0.273. The Hall–Kier alpha value is -1.62. The highest BCUT2D eigenvalue weighted by Gasteiger charge is 2.08. The molecule has 0 spiro atoms. The van der Waals surface area contributed by atoms with Crippen LogP contribution in [0.2, 0.25) is 0 Å². The van der Waals surface area contributed by atoms with E-state index in [1.807, 2.05) is 17.5 Å². The smallest absolute Gasteiger partial charge is 0.216 e. The van der Waals surface area contributed by atoms with E-state index in [9.17, 15) is 4.79 Å². The van der Waals surface area contributed by atoms with Gasteiger partial charge in [0.1, 0.15) is 5.69 Å². The number of nitrogens with one attached hydrogen (secondary N) is 2. The molecule has 0 radical (unpaired) electrons. The van der Waals surface area contributed by atoms with Crippen molar-refractivity contribution in [3.8, 4) is 10.6 Å². The molecule has 2 rings (SSSR count). The molecule has 2 aromatic rings. The normalized spacial score (nSPS) is 10.3. The van der Waals surface area contributed by atoms with Gasteiger partial charge in [-0.15, -0.1) is 11.3 Å². The summed E-state index contributed by atoms with van der Waals surface area (Å²) in [5.74, 6) is -0.00260. The van der Waals surface area contributed by atoms with E-state index in [1.165, 1.54) is 6.92 Å². The van der Waals surface area contributed by atoms with E-state index < -0.39 is 0 Å². The van der Waals surface area contributed by atoms with Gasteiger partial charge in [-0.25, -0.2) is 4.98 Å². The number of rotatable bonds is 4. The van der Waals surface area contributed by atoms with Gasteiger partial charge in [0.2, 0.25) is 5.91 Å². The lowest BCUT2D eigenvalue weighted by Crippen LogP contribution is -2.22. The lowest BCUT2D eigenvalue weighted by atomic mass is 10.2. The second-order valence-electron chi connectivity index (χ2n) is 3.44. The summed E-state index contributed by atoms with van der Waals surface area (Å²) in [6.07, 6.45) is 2.46. The van der Waals surface area contributed by atoms with E-state index in [0.29, 0.717) is 6.54 Å². The minimum Gasteiger partial charge on any atom is -0.356 e. The predicted octanol–water partition coefficient (Wildman–Crippen LogP) is 1.82. The van der Waals surface area contributed by atoms with Gasteiger partial charge in [-0.2, -0.15) is 0 Å². The molecule has 1 amide bonds. The van der Waals surface area contributed by atoms with E-state index >= 15 is 0 Å². The molecule has 2 N–H and O–H groups in total. The van der Waals surface area contributed by atoms with E-state index in [-0.39, 0.29) is 5.91 Å². The molecule has 0 aliphatic carbocycles. The van der Waals surface area contributed by atoms with Gasteiger partial charge in [0.25, 0.3) is 0 Å². The highest BCUT2D eigenvalue weighted by molar-refractivity contribution is 7.13. The maximum Gasteiger partial charge on any atom is 0.216 e. The second-order valence-corrected chi connectivity index (χ2v) is 4.39. The van der Waals surface area contributed by atoms with Gasteiger partial charge in [0, 0.05) is 25.6 Å². The van der Waals surface area contributed by atoms with Crippen molar-refractivity contribution in [3.63, 3.8) is 0 Å². The van der Waals surface area contributed by atoms with Crippen LogP contribution in [0.5, 0.6) is 0 Å². The molecule has 0 bridgehead atoms. The first kappa shape index (κ1) is 10.9. The molecule has 2 aromatic heterocycles. The molecule has 0 aliphatic rings. The van der Waals surface area contributed by atoms with Crippen LogP contribution in [0.3, 0.4) is 0 Å². The summed E-state index contributed by atoms with van der Waals surface area (Å²) in [6, 6.07) is 4.05. The Bertz CT molecular complexity index is 461. The van der Waals surface area contributed by atoms with Crippen LogP contribution in [0.15, 0.2) is 23.8 Å². The third-order valence-electron chi connectivity index (χ3n) is 2.22. The predicted molar refractivity (Wildman–Crippen MR) is 64.3 cm³/mol. The Kier molecular flexibility index (Phi) is 3.36. The largest absolute Gasteiger partial charge is 0.356 e. The van der Waals surface area contributed by atoms with Crippen LogP contribution in [0.1, 0.15) is 12.6 Å². The van der Waals surface area contributed by atoms with Crippen LogP contribution in [-0.4, -0.2) is 22.4 Å². The lowest BCUT2D eigenvalue weighted by Gasteiger charge is -2.02. The Balaban J connectivity index is 2.05. The standard InChI is InChI=1S/C11H13N3OS/c1-8(15)12-5-4-9-11(14-7-13-9)10-3-2-6-16-10/h2-3,6-7H,4-5H2,1H3,(H,12,15)(H,13,14). The number of hydrogen-bond donors (Lipinski definition) is 2. The van der Waals surface area contributed by atoms with Crippen molar-refractivity contribution in [2.24, 2.45) is 0 Å². The zero-order valence-electron chi connectivity index (χ0n) is 8.99. The number of hydrogen-bond acceptors (Lipinski definition) is 3. The van der Waals surface area contributed by atoms with Crippen molar-refractivity contribution < 1.29 is 4.79 Å². The van der Waals surface area contributed by atoms with E-state index in [2.05, 4.69) is 15.3 Å². The molecule has 16 heavy (non-hydrogen) atoms. The molecule has 4 nitrogen and oxygen atoms in total. The first-order valence-corrected chi connectivity index (χ1v) is 5.96. The highest BCUT2D eigenvalue weighted by Crippen LogP contribution is 2.25. The number of thiophene rings is 1. The summed E-state index contributed by atoms with van der Waals surface area (Å²) >= 11 is 1.66. The van der Waals surface area contributed by atoms with Crippen molar-refractivity contribution >= 4 is 17.2 Å². The second kappa shape index (κ2) is 4.94. The molecular formula is C11H13N3OS. The van der Waals surface area contributed by atoms with Crippen LogP contribution < -0.4 is 5.32 Å². The molecule has 0 fully saturated rings. The number of aromatic nitrogens is 2. The van der Waals surface area contributed by atoms with Gasteiger partial charge in [-0.3, -0.25) is 4.79 Å². The quantitative estimate of drug-likeness (QED) is 0.849. The van der Waals surface area contributed by atoms with Crippen LogP contribution >= 0.6 is 11.3 Å². The highest BCUT2D eigenvalue weighted by atomic mass is 32.1. The number of imidazole rings is 1. The minimum atomic E-state index is -0.00260. The Morgan fingerprint density at radius 3 is 3.19 bits per heavy atom. The Labute approximate surface area is 97.7 Å². The van der Waals surface area contributed by atoms with Gasteiger partial charge >= 0.3 is 0 Å². The summed E-state index contributed by atoms with van der Waals surface area (Å²) in [5.41, 5.74) is 2.05. The van der Waals surface area contributed by atoms with Crippen molar-refractivity contribution in [2.75, 3.05) is 6.54 Å². The summed E-state index contributed by atoms with van der Waals surface area (Å²) < 4.78 is 0. The van der Waals surface area contributed by atoms with Crippen LogP contribution in [0.4, 0.5) is 0 Å². The molecule has 0 saturated carbocycles. The average molecular weight is 235 g/mol. The summed E-state index contributed by atoms with van der Waals surface area (Å²) in [7, 11) is 0. The van der Waals surface area contributed by atoms with E-state index in [4.69, 9.17) is 0 Å². The third-order valence-corrected chi connectivity index (χ3v) is 3.10. The topological polar surface area (TPSA) is 57.8 Å². The van der Waals surface area contributed by atoms with Gasteiger partial charge in [0.05, 0.1) is 11.2 Å². The first-order chi connectivity index (χ1) is 7.77. The number of carbonyl (C=O) groups excluding carboxylic acids is 1. The summed E-state index contributed by atoms with van der Waals surface area (Å²) in [4.78, 5) is 19.3. The van der Waals surface area contributed by atoms with Gasteiger partial charge in [-0.1, -0.05) is 6.07 Å². The summed E-state index contributed by atoms with van der Waals surface area (Å²) in [5, 5.41) is 4.80. The summed E-state index contributed by atoms with van der Waals surface area (Å²) in [6.45, 7) is 2.16. The number of H-pyrrole nitrogens is 1. The molecular weight excluding hydrogens is 222 g/mol. The van der Waals surface area contributed by atoms with Crippen molar-refractivity contribution in [1.82, 2.24) is 15.3 Å². The molecule has 0 aliphatic heterocycles. The van der Waals surface area contributed by atoms with Gasteiger partial charge in [-0.05, 0) is 11.4 Å². The zero-order valence-corrected chi connectivity index (χ0v) is 9.80. The molecule has 84 valence electrons. The number of carbonyl (C=O) groups is 1. The minimum absolute atomic E-state index is 0.00260. The fourth-order valence-electron chi connectivity index (χ4n) is 1.50. The molecule has 0 aromatic carbocycles. The maximum atomic E-state index is 10.8. The SMILES string of the molecule is CC(=O)NCCc1[nH]cnc1-c1cccs1. The van der Waals surface area contributed by atoms with E-state index in [1.54, 1.807) is 17.7 Å².